The predicted molar refractivity (Wildman–Crippen MR) is 77.0 cm³/mol. The van der Waals surface area contributed by atoms with E-state index in [-0.39, 0.29) is 31.3 Å². The topological polar surface area (TPSA) is 77.9 Å². The molecule has 2 fully saturated rings. The number of aliphatic carboxylic acids is 1. The van der Waals surface area contributed by atoms with Gasteiger partial charge in [-0.15, -0.1) is 0 Å². The van der Waals surface area contributed by atoms with Crippen molar-refractivity contribution in [3.8, 4) is 0 Å². The predicted octanol–water partition coefficient (Wildman–Crippen LogP) is 1.64. The third kappa shape index (κ3) is 4.85. The number of alkyl halides is 3. The third-order valence-electron chi connectivity index (χ3n) is 4.54. The number of piperidine rings is 1. The summed E-state index contributed by atoms with van der Waals surface area (Å²) in [4.78, 5) is 37.3. The van der Waals surface area contributed by atoms with Crippen LogP contribution in [0.15, 0.2) is 0 Å². The zero-order valence-corrected chi connectivity index (χ0v) is 13.2. The Balaban J connectivity index is 1.98. The van der Waals surface area contributed by atoms with E-state index in [1.165, 1.54) is 0 Å². The van der Waals surface area contributed by atoms with Crippen molar-refractivity contribution in [1.82, 2.24) is 9.80 Å². The van der Waals surface area contributed by atoms with Gasteiger partial charge in [0.15, 0.2) is 0 Å². The molecule has 0 aromatic rings. The van der Waals surface area contributed by atoms with E-state index in [2.05, 4.69) is 0 Å². The summed E-state index contributed by atoms with van der Waals surface area (Å²) < 4.78 is 37.4. The highest BCUT2D eigenvalue weighted by Gasteiger charge is 2.42. The number of nitrogens with zero attached hydrogens (tertiary/aromatic N) is 2. The van der Waals surface area contributed by atoms with E-state index in [0.717, 1.165) is 12.8 Å². The van der Waals surface area contributed by atoms with Crippen LogP contribution in [0.25, 0.3) is 0 Å². The third-order valence-corrected chi connectivity index (χ3v) is 4.54. The van der Waals surface area contributed by atoms with Gasteiger partial charge in [-0.2, -0.15) is 13.2 Å². The lowest BCUT2D eigenvalue weighted by Gasteiger charge is -2.37. The zero-order valence-electron chi connectivity index (χ0n) is 13.2. The molecule has 2 atom stereocenters. The van der Waals surface area contributed by atoms with E-state index in [1.54, 1.807) is 4.90 Å². The van der Waals surface area contributed by atoms with Crippen LogP contribution < -0.4 is 0 Å². The van der Waals surface area contributed by atoms with Crippen LogP contribution in [0.4, 0.5) is 13.2 Å². The van der Waals surface area contributed by atoms with E-state index in [9.17, 15) is 27.6 Å². The van der Waals surface area contributed by atoms with Gasteiger partial charge in [-0.3, -0.25) is 14.4 Å². The van der Waals surface area contributed by atoms with Gasteiger partial charge in [0, 0.05) is 32.0 Å². The van der Waals surface area contributed by atoms with Crippen molar-refractivity contribution in [2.75, 3.05) is 19.6 Å². The molecule has 2 saturated heterocycles. The number of carboxylic acids is 1. The second-order valence-corrected chi connectivity index (χ2v) is 6.40. The minimum atomic E-state index is -4.48. The van der Waals surface area contributed by atoms with Crippen molar-refractivity contribution in [3.05, 3.63) is 0 Å². The SMILES string of the molecule is O=C(O)CC[C@H]1CCCCN1C(=O)[C@H]1CC(=O)N(CC(F)(F)F)C1. The monoisotopic (exact) mass is 350 g/mol. The Hall–Kier alpha value is -1.80. The Labute approximate surface area is 137 Å². The van der Waals surface area contributed by atoms with Gasteiger partial charge in [0.05, 0.1) is 5.92 Å². The fourth-order valence-corrected chi connectivity index (χ4v) is 3.42. The zero-order chi connectivity index (χ0) is 17.9. The Kier molecular flexibility index (Phi) is 5.71. The first-order valence-electron chi connectivity index (χ1n) is 8.04. The number of amides is 2. The molecule has 0 bridgehead atoms. The van der Waals surface area contributed by atoms with Crippen LogP contribution >= 0.6 is 0 Å². The van der Waals surface area contributed by atoms with Crippen LogP contribution in [-0.2, 0) is 14.4 Å². The molecule has 0 aromatic carbocycles. The maximum Gasteiger partial charge on any atom is 0.406 e. The molecule has 136 valence electrons. The quantitative estimate of drug-likeness (QED) is 0.818. The number of rotatable bonds is 5. The number of carboxylic acid groups (broad SMARTS) is 1. The maximum atomic E-state index is 12.6. The average molecular weight is 350 g/mol. The molecule has 0 aromatic heterocycles. The van der Waals surface area contributed by atoms with Gasteiger partial charge in [-0.05, 0) is 25.7 Å². The molecule has 0 radical (unpaired) electrons. The van der Waals surface area contributed by atoms with E-state index >= 15 is 0 Å². The van der Waals surface area contributed by atoms with Crippen molar-refractivity contribution >= 4 is 17.8 Å². The lowest BCUT2D eigenvalue weighted by atomic mass is 9.95. The molecular weight excluding hydrogens is 329 g/mol. The van der Waals surface area contributed by atoms with Gasteiger partial charge >= 0.3 is 12.1 Å². The van der Waals surface area contributed by atoms with E-state index < -0.39 is 30.5 Å². The molecule has 9 heteroatoms. The molecule has 1 N–H and O–H groups in total. The highest BCUT2D eigenvalue weighted by molar-refractivity contribution is 5.89. The molecule has 24 heavy (non-hydrogen) atoms. The first-order chi connectivity index (χ1) is 11.2. The molecule has 2 aliphatic heterocycles. The minimum Gasteiger partial charge on any atom is -0.481 e. The minimum absolute atomic E-state index is 0.0573. The molecule has 0 saturated carbocycles. The fraction of sp³-hybridized carbons (Fsp3) is 0.800. The van der Waals surface area contributed by atoms with Gasteiger partial charge in [-0.1, -0.05) is 0 Å². The molecule has 0 spiro atoms. The highest BCUT2D eigenvalue weighted by atomic mass is 19.4. The summed E-state index contributed by atoms with van der Waals surface area (Å²) in [5.41, 5.74) is 0. The summed E-state index contributed by atoms with van der Waals surface area (Å²) >= 11 is 0. The van der Waals surface area contributed by atoms with Crippen LogP contribution in [0.3, 0.4) is 0 Å². The van der Waals surface area contributed by atoms with Crippen LogP contribution in [0.5, 0.6) is 0 Å². The molecule has 2 heterocycles. The van der Waals surface area contributed by atoms with Gasteiger partial charge in [0.2, 0.25) is 11.8 Å². The number of carbonyl (C=O) groups is 3. The highest BCUT2D eigenvalue weighted by Crippen LogP contribution is 2.28. The second kappa shape index (κ2) is 7.40. The van der Waals surface area contributed by atoms with Crippen molar-refractivity contribution in [3.63, 3.8) is 0 Å². The van der Waals surface area contributed by atoms with Crippen LogP contribution in [0.1, 0.15) is 38.5 Å². The number of hydrogen-bond acceptors (Lipinski definition) is 3. The maximum absolute atomic E-state index is 12.6. The standard InChI is InChI=1S/C15H21F3N2O4/c16-15(17,18)9-19-8-10(7-12(19)21)14(24)20-6-2-1-3-11(20)4-5-13(22)23/h10-11H,1-9H2,(H,22,23)/t10-,11+/m0/s1. The summed E-state index contributed by atoms with van der Waals surface area (Å²) in [5, 5.41) is 8.80. The Morgan fingerprint density at radius 3 is 2.58 bits per heavy atom. The summed E-state index contributed by atoms with van der Waals surface area (Å²) in [6.07, 6.45) is -2.07. The largest absolute Gasteiger partial charge is 0.481 e. The Bertz CT molecular complexity index is 509. The molecule has 0 unspecified atom stereocenters. The summed E-state index contributed by atoms with van der Waals surface area (Å²) in [6.45, 7) is -1.09. The van der Waals surface area contributed by atoms with Gasteiger partial charge in [0.25, 0.3) is 0 Å². The average Bonchev–Trinajstić information content (AvgIpc) is 2.84. The molecule has 0 aliphatic carbocycles. The lowest BCUT2D eigenvalue weighted by molar-refractivity contribution is -0.157. The summed E-state index contributed by atoms with van der Waals surface area (Å²) in [5.74, 6) is -2.71. The molecule has 2 rings (SSSR count). The summed E-state index contributed by atoms with van der Waals surface area (Å²) in [6, 6.07) is -0.214. The lowest BCUT2D eigenvalue weighted by Crippen LogP contribution is -2.47. The Morgan fingerprint density at radius 1 is 1.25 bits per heavy atom. The molecular formula is C15H21F3N2O4. The van der Waals surface area contributed by atoms with Crippen molar-refractivity contribution < 1.29 is 32.7 Å². The van der Waals surface area contributed by atoms with E-state index in [4.69, 9.17) is 5.11 Å². The van der Waals surface area contributed by atoms with E-state index in [1.807, 2.05) is 0 Å². The molecule has 6 nitrogen and oxygen atoms in total. The van der Waals surface area contributed by atoms with Crippen molar-refractivity contribution in [2.45, 2.75) is 50.7 Å². The fourth-order valence-electron chi connectivity index (χ4n) is 3.42. The first-order valence-corrected chi connectivity index (χ1v) is 8.04. The van der Waals surface area contributed by atoms with Crippen LogP contribution in [-0.4, -0.2) is 64.5 Å². The Morgan fingerprint density at radius 2 is 1.96 bits per heavy atom. The second-order valence-electron chi connectivity index (χ2n) is 6.40. The number of likely N-dealkylation sites (tertiary alicyclic amines) is 2. The number of hydrogen-bond donors (Lipinski definition) is 1. The number of carbonyl (C=O) groups excluding carboxylic acids is 2. The summed E-state index contributed by atoms with van der Waals surface area (Å²) in [7, 11) is 0. The van der Waals surface area contributed by atoms with Crippen molar-refractivity contribution in [1.29, 1.82) is 0 Å². The van der Waals surface area contributed by atoms with Gasteiger partial charge < -0.3 is 14.9 Å². The van der Waals surface area contributed by atoms with Gasteiger partial charge in [-0.25, -0.2) is 0 Å². The molecule has 2 amide bonds. The van der Waals surface area contributed by atoms with E-state index in [0.29, 0.717) is 24.3 Å². The van der Waals surface area contributed by atoms with Crippen molar-refractivity contribution in [2.24, 2.45) is 5.92 Å². The van der Waals surface area contributed by atoms with Gasteiger partial charge in [0.1, 0.15) is 6.54 Å². The van der Waals surface area contributed by atoms with Crippen LogP contribution in [0, 0.1) is 5.92 Å². The number of halogens is 3. The van der Waals surface area contributed by atoms with Crippen LogP contribution in [0.2, 0.25) is 0 Å². The normalized spacial score (nSPS) is 25.2. The smallest absolute Gasteiger partial charge is 0.406 e. The molecule has 2 aliphatic rings. The first kappa shape index (κ1) is 18.5.